The standard InChI is InChI=1S/C20H30O3S/c1-3-5-7-9-15-23-20(22)16-19-14-13-18(24-19)12-11-17(21)10-8-6-4-2/h11-14H,3-10,15-16H2,1-2H3/b12-11+. The molecule has 134 valence electrons. The van der Waals surface area contributed by atoms with Crippen LogP contribution in [-0.4, -0.2) is 18.4 Å². The molecule has 0 aromatic carbocycles. The van der Waals surface area contributed by atoms with Crippen LogP contribution in [0, 0.1) is 0 Å². The topological polar surface area (TPSA) is 43.4 Å². The van der Waals surface area contributed by atoms with Gasteiger partial charge in [0.05, 0.1) is 13.0 Å². The number of ketones is 1. The predicted octanol–water partition coefficient (Wildman–Crippen LogP) is 5.58. The van der Waals surface area contributed by atoms with Crippen molar-refractivity contribution < 1.29 is 14.3 Å². The maximum Gasteiger partial charge on any atom is 0.311 e. The molecule has 0 atom stereocenters. The number of allylic oxidation sites excluding steroid dienone is 1. The Labute approximate surface area is 150 Å². The summed E-state index contributed by atoms with van der Waals surface area (Å²) in [5.74, 6) is 0.00408. The summed E-state index contributed by atoms with van der Waals surface area (Å²) in [6.45, 7) is 4.81. The fourth-order valence-corrected chi connectivity index (χ4v) is 3.20. The number of rotatable bonds is 13. The summed E-state index contributed by atoms with van der Waals surface area (Å²) in [5.41, 5.74) is 0. The van der Waals surface area contributed by atoms with Crippen LogP contribution < -0.4 is 0 Å². The molecule has 1 aromatic heterocycles. The van der Waals surface area contributed by atoms with Crippen molar-refractivity contribution in [2.75, 3.05) is 6.61 Å². The Kier molecular flexibility index (Phi) is 11.1. The summed E-state index contributed by atoms with van der Waals surface area (Å²) in [5, 5.41) is 0. The molecule has 4 heteroatoms. The van der Waals surface area contributed by atoms with Gasteiger partial charge in [-0.1, -0.05) is 46.0 Å². The van der Waals surface area contributed by atoms with Crippen LogP contribution in [0.1, 0.15) is 75.0 Å². The van der Waals surface area contributed by atoms with Crippen molar-refractivity contribution in [3.63, 3.8) is 0 Å². The minimum absolute atomic E-state index is 0.167. The first kappa shape index (κ1) is 20.6. The number of carbonyl (C=O) groups is 2. The zero-order valence-corrected chi connectivity index (χ0v) is 15.8. The van der Waals surface area contributed by atoms with Crippen molar-refractivity contribution in [1.29, 1.82) is 0 Å². The molecule has 1 rings (SSSR count). The van der Waals surface area contributed by atoms with E-state index in [-0.39, 0.29) is 11.8 Å². The Morgan fingerprint density at radius 1 is 1.04 bits per heavy atom. The molecule has 1 aromatic rings. The van der Waals surface area contributed by atoms with Gasteiger partial charge < -0.3 is 4.74 Å². The lowest BCUT2D eigenvalue weighted by molar-refractivity contribution is -0.142. The van der Waals surface area contributed by atoms with Crippen molar-refractivity contribution in [3.05, 3.63) is 28.0 Å². The molecule has 0 radical (unpaired) electrons. The normalized spacial score (nSPS) is 11.1. The molecular weight excluding hydrogens is 320 g/mol. The SMILES string of the molecule is CCCCCCOC(=O)Cc1ccc(/C=C/C(=O)CCCCC)s1. The molecule has 0 aliphatic rings. The Hall–Kier alpha value is -1.42. The largest absolute Gasteiger partial charge is 0.465 e. The van der Waals surface area contributed by atoms with E-state index < -0.39 is 0 Å². The first-order valence-electron chi connectivity index (χ1n) is 9.11. The molecule has 24 heavy (non-hydrogen) atoms. The lowest BCUT2D eigenvalue weighted by atomic mass is 10.1. The van der Waals surface area contributed by atoms with Crippen LogP contribution in [0.25, 0.3) is 6.08 Å². The second-order valence-corrected chi connectivity index (χ2v) is 7.22. The average Bonchev–Trinajstić information content (AvgIpc) is 3.00. The highest BCUT2D eigenvalue weighted by molar-refractivity contribution is 7.13. The molecule has 0 bridgehead atoms. The maximum absolute atomic E-state index is 11.8. The first-order valence-corrected chi connectivity index (χ1v) is 9.92. The fraction of sp³-hybridized carbons (Fsp3) is 0.600. The lowest BCUT2D eigenvalue weighted by Crippen LogP contribution is -2.08. The molecule has 1 heterocycles. The molecule has 3 nitrogen and oxygen atoms in total. The molecule has 0 aliphatic carbocycles. The van der Waals surface area contributed by atoms with E-state index in [1.165, 1.54) is 24.2 Å². The van der Waals surface area contributed by atoms with Gasteiger partial charge in [0.1, 0.15) is 0 Å². The maximum atomic E-state index is 11.8. The number of hydrogen-bond donors (Lipinski definition) is 0. The van der Waals surface area contributed by atoms with Crippen molar-refractivity contribution in [1.82, 2.24) is 0 Å². The molecular formula is C20H30O3S. The molecule has 0 unspecified atom stereocenters. The van der Waals surface area contributed by atoms with Gasteiger partial charge in [0.2, 0.25) is 0 Å². The van der Waals surface area contributed by atoms with E-state index >= 15 is 0 Å². The van der Waals surface area contributed by atoms with Crippen LogP contribution in [0.2, 0.25) is 0 Å². The highest BCUT2D eigenvalue weighted by Gasteiger charge is 2.07. The van der Waals surface area contributed by atoms with Gasteiger partial charge in [-0.25, -0.2) is 0 Å². The van der Waals surface area contributed by atoms with Crippen LogP contribution >= 0.6 is 11.3 Å². The van der Waals surface area contributed by atoms with Crippen LogP contribution in [0.3, 0.4) is 0 Å². The van der Waals surface area contributed by atoms with E-state index in [0.29, 0.717) is 19.4 Å². The fourth-order valence-electron chi connectivity index (χ4n) is 2.29. The zero-order valence-electron chi connectivity index (χ0n) is 15.0. The third kappa shape index (κ3) is 9.66. The van der Waals surface area contributed by atoms with Crippen molar-refractivity contribution in [3.8, 4) is 0 Å². The number of thiophene rings is 1. The van der Waals surface area contributed by atoms with Crippen LogP contribution in [-0.2, 0) is 20.7 Å². The van der Waals surface area contributed by atoms with Gasteiger partial charge in [-0.05, 0) is 37.1 Å². The van der Waals surface area contributed by atoms with Crippen LogP contribution in [0.5, 0.6) is 0 Å². The van der Waals surface area contributed by atoms with Crippen LogP contribution in [0.15, 0.2) is 18.2 Å². The van der Waals surface area contributed by atoms with Crippen molar-refractivity contribution in [2.24, 2.45) is 0 Å². The van der Waals surface area contributed by atoms with E-state index in [1.807, 2.05) is 18.2 Å². The van der Waals surface area contributed by atoms with E-state index in [1.54, 1.807) is 6.08 Å². The van der Waals surface area contributed by atoms with Gasteiger partial charge in [0, 0.05) is 16.2 Å². The molecule has 0 aliphatic heterocycles. The summed E-state index contributed by atoms with van der Waals surface area (Å²) in [4.78, 5) is 25.5. The summed E-state index contributed by atoms with van der Waals surface area (Å²) in [6, 6.07) is 3.88. The van der Waals surface area contributed by atoms with Gasteiger partial charge in [-0.3, -0.25) is 9.59 Å². The highest BCUT2D eigenvalue weighted by Crippen LogP contribution is 2.19. The van der Waals surface area contributed by atoms with Crippen molar-refractivity contribution >= 4 is 29.2 Å². The summed E-state index contributed by atoms with van der Waals surface area (Å²) in [7, 11) is 0. The number of esters is 1. The molecule has 0 spiro atoms. The van der Waals surface area contributed by atoms with E-state index in [9.17, 15) is 9.59 Å². The van der Waals surface area contributed by atoms with Crippen molar-refractivity contribution in [2.45, 2.75) is 71.6 Å². The first-order chi connectivity index (χ1) is 11.7. The quantitative estimate of drug-likeness (QED) is 0.265. The number of hydrogen-bond acceptors (Lipinski definition) is 4. The highest BCUT2D eigenvalue weighted by atomic mass is 32.1. The Balaban J connectivity index is 2.29. The summed E-state index contributed by atoms with van der Waals surface area (Å²) >= 11 is 1.54. The van der Waals surface area contributed by atoms with Gasteiger partial charge in [0.15, 0.2) is 5.78 Å². The lowest BCUT2D eigenvalue weighted by Gasteiger charge is -2.03. The summed E-state index contributed by atoms with van der Waals surface area (Å²) in [6.07, 6.45) is 12.0. The van der Waals surface area contributed by atoms with E-state index in [0.717, 1.165) is 41.9 Å². The third-order valence-electron chi connectivity index (χ3n) is 3.72. The Morgan fingerprint density at radius 2 is 1.79 bits per heavy atom. The molecule has 0 saturated carbocycles. The average molecular weight is 351 g/mol. The van der Waals surface area contributed by atoms with Gasteiger partial charge in [-0.15, -0.1) is 11.3 Å². The second kappa shape index (κ2) is 12.9. The van der Waals surface area contributed by atoms with Crippen LogP contribution in [0.4, 0.5) is 0 Å². The number of unbranched alkanes of at least 4 members (excludes halogenated alkanes) is 5. The van der Waals surface area contributed by atoms with Gasteiger partial charge >= 0.3 is 5.97 Å². The second-order valence-electron chi connectivity index (χ2n) is 6.02. The smallest absolute Gasteiger partial charge is 0.311 e. The molecule has 0 fully saturated rings. The number of carbonyl (C=O) groups excluding carboxylic acids is 2. The predicted molar refractivity (Wildman–Crippen MR) is 101 cm³/mol. The third-order valence-corrected chi connectivity index (χ3v) is 4.77. The molecule has 0 amide bonds. The Morgan fingerprint density at radius 3 is 2.54 bits per heavy atom. The van der Waals surface area contributed by atoms with Gasteiger partial charge in [0.25, 0.3) is 0 Å². The minimum atomic E-state index is -0.167. The monoisotopic (exact) mass is 350 g/mol. The Bertz CT molecular complexity index is 517. The zero-order chi connectivity index (χ0) is 17.6. The molecule has 0 N–H and O–H groups in total. The van der Waals surface area contributed by atoms with Gasteiger partial charge in [-0.2, -0.15) is 0 Å². The number of ether oxygens (including phenoxy) is 1. The van der Waals surface area contributed by atoms with E-state index in [4.69, 9.17) is 4.74 Å². The molecule has 0 saturated heterocycles. The van der Waals surface area contributed by atoms with E-state index in [2.05, 4.69) is 13.8 Å². The summed E-state index contributed by atoms with van der Waals surface area (Å²) < 4.78 is 5.25. The minimum Gasteiger partial charge on any atom is -0.465 e.